The van der Waals surface area contributed by atoms with Gasteiger partial charge in [0.1, 0.15) is 18.5 Å². The van der Waals surface area contributed by atoms with Gasteiger partial charge in [0.25, 0.3) is 0 Å². The number of aryl methyl sites for hydroxylation is 2. The van der Waals surface area contributed by atoms with Crippen molar-refractivity contribution in [3.05, 3.63) is 64.8 Å². The zero-order valence-corrected chi connectivity index (χ0v) is 21.3. The SMILES string of the molecule is Cc1ccc(-c2cc(CN3CCN(C[C@H](O)COc4ccc5sc(C)nc5c4)C[C@@H]3C)no2)cc1. The van der Waals surface area contributed by atoms with Crippen LogP contribution in [-0.4, -0.2) is 70.0 Å². The molecule has 5 rings (SSSR count). The average Bonchev–Trinajstić information content (AvgIpc) is 3.45. The topological polar surface area (TPSA) is 74.9 Å². The number of ether oxygens (including phenoxy) is 1. The summed E-state index contributed by atoms with van der Waals surface area (Å²) in [5.74, 6) is 1.55. The normalized spacial score (nSPS) is 18.2. The Labute approximate surface area is 209 Å². The Morgan fingerprint density at radius 2 is 1.97 bits per heavy atom. The number of rotatable bonds is 8. The first-order valence-electron chi connectivity index (χ1n) is 12.1. The lowest BCUT2D eigenvalue weighted by Crippen LogP contribution is -2.53. The zero-order valence-electron chi connectivity index (χ0n) is 20.5. The van der Waals surface area contributed by atoms with E-state index in [1.807, 2.05) is 31.2 Å². The van der Waals surface area contributed by atoms with Gasteiger partial charge in [0.2, 0.25) is 0 Å². The number of nitrogens with zero attached hydrogens (tertiary/aromatic N) is 4. The number of hydrogen-bond donors (Lipinski definition) is 1. The van der Waals surface area contributed by atoms with E-state index in [1.165, 1.54) is 5.56 Å². The van der Waals surface area contributed by atoms with Crippen LogP contribution in [0, 0.1) is 13.8 Å². The Morgan fingerprint density at radius 1 is 1.14 bits per heavy atom. The summed E-state index contributed by atoms with van der Waals surface area (Å²) >= 11 is 1.67. The fourth-order valence-electron chi connectivity index (χ4n) is 4.58. The molecule has 0 amide bonds. The minimum atomic E-state index is -0.547. The van der Waals surface area contributed by atoms with Crippen LogP contribution in [0.15, 0.2) is 53.1 Å². The molecule has 1 N–H and O–H groups in total. The average molecular weight is 493 g/mol. The number of hydrogen-bond acceptors (Lipinski definition) is 8. The van der Waals surface area contributed by atoms with E-state index in [1.54, 1.807) is 11.3 Å². The van der Waals surface area contributed by atoms with Gasteiger partial charge in [-0.15, -0.1) is 11.3 Å². The number of piperazine rings is 1. The largest absolute Gasteiger partial charge is 0.491 e. The molecule has 4 aromatic rings. The van der Waals surface area contributed by atoms with Crippen molar-refractivity contribution in [3.63, 3.8) is 0 Å². The van der Waals surface area contributed by atoms with Crippen LogP contribution < -0.4 is 4.74 Å². The third kappa shape index (κ3) is 5.90. The second-order valence-corrected chi connectivity index (χ2v) is 10.7. The van der Waals surface area contributed by atoms with Crippen LogP contribution in [0.3, 0.4) is 0 Å². The molecule has 0 unspecified atom stereocenters. The predicted molar refractivity (Wildman–Crippen MR) is 139 cm³/mol. The molecule has 1 saturated heterocycles. The van der Waals surface area contributed by atoms with Gasteiger partial charge in [0.15, 0.2) is 5.76 Å². The Bertz CT molecular complexity index is 1270. The number of fused-ring (bicyclic) bond motifs is 1. The molecule has 1 aliphatic rings. The van der Waals surface area contributed by atoms with Gasteiger partial charge in [-0.3, -0.25) is 9.80 Å². The van der Waals surface area contributed by atoms with Gasteiger partial charge in [0.05, 0.1) is 20.9 Å². The van der Waals surface area contributed by atoms with Crippen molar-refractivity contribution >= 4 is 21.6 Å². The van der Waals surface area contributed by atoms with Crippen molar-refractivity contribution in [2.24, 2.45) is 0 Å². The highest BCUT2D eigenvalue weighted by Crippen LogP contribution is 2.26. The first-order chi connectivity index (χ1) is 16.9. The molecule has 0 spiro atoms. The number of aromatic nitrogens is 2. The van der Waals surface area contributed by atoms with E-state index in [0.717, 1.165) is 64.2 Å². The fourth-order valence-corrected chi connectivity index (χ4v) is 5.38. The van der Waals surface area contributed by atoms with Crippen LogP contribution in [-0.2, 0) is 6.54 Å². The zero-order chi connectivity index (χ0) is 24.4. The maximum atomic E-state index is 10.6. The van der Waals surface area contributed by atoms with Gasteiger partial charge in [-0.1, -0.05) is 35.0 Å². The number of aliphatic hydroxyl groups excluding tert-OH is 1. The summed E-state index contributed by atoms with van der Waals surface area (Å²) in [7, 11) is 0. The van der Waals surface area contributed by atoms with Gasteiger partial charge in [0, 0.05) is 56.5 Å². The summed E-state index contributed by atoms with van der Waals surface area (Å²) in [5, 5.41) is 15.9. The summed E-state index contributed by atoms with van der Waals surface area (Å²) in [6, 6.07) is 16.6. The summed E-state index contributed by atoms with van der Waals surface area (Å²) in [4.78, 5) is 9.24. The lowest BCUT2D eigenvalue weighted by atomic mass is 10.1. The minimum absolute atomic E-state index is 0.268. The van der Waals surface area contributed by atoms with E-state index in [4.69, 9.17) is 9.26 Å². The molecular formula is C27H32N4O3S. The molecule has 35 heavy (non-hydrogen) atoms. The van der Waals surface area contributed by atoms with E-state index in [9.17, 15) is 5.11 Å². The van der Waals surface area contributed by atoms with Gasteiger partial charge in [-0.2, -0.15) is 0 Å². The molecule has 7 nitrogen and oxygen atoms in total. The molecule has 1 fully saturated rings. The first kappa shape index (κ1) is 23.9. The van der Waals surface area contributed by atoms with E-state index in [2.05, 4.69) is 58.1 Å². The first-order valence-corrected chi connectivity index (χ1v) is 12.9. The molecule has 8 heteroatoms. The lowest BCUT2D eigenvalue weighted by Gasteiger charge is -2.40. The highest BCUT2D eigenvalue weighted by molar-refractivity contribution is 7.18. The van der Waals surface area contributed by atoms with E-state index in [-0.39, 0.29) is 6.61 Å². The third-order valence-electron chi connectivity index (χ3n) is 6.49. The molecule has 0 aliphatic carbocycles. The van der Waals surface area contributed by atoms with Gasteiger partial charge in [-0.25, -0.2) is 4.98 Å². The van der Waals surface area contributed by atoms with Crippen LogP contribution in [0.5, 0.6) is 5.75 Å². The summed E-state index contributed by atoms with van der Waals surface area (Å²) < 4.78 is 12.6. The van der Waals surface area contributed by atoms with Gasteiger partial charge >= 0.3 is 0 Å². The summed E-state index contributed by atoms with van der Waals surface area (Å²) in [6.45, 7) is 10.6. The summed E-state index contributed by atoms with van der Waals surface area (Å²) in [5.41, 5.74) is 4.17. The molecule has 2 atom stereocenters. The molecule has 0 radical (unpaired) electrons. The van der Waals surface area contributed by atoms with Crippen LogP contribution in [0.2, 0.25) is 0 Å². The van der Waals surface area contributed by atoms with Crippen LogP contribution >= 0.6 is 11.3 Å². The van der Waals surface area contributed by atoms with Crippen molar-refractivity contribution in [2.45, 2.75) is 39.5 Å². The van der Waals surface area contributed by atoms with Gasteiger partial charge in [-0.05, 0) is 32.9 Å². The fraction of sp³-hybridized carbons (Fsp3) is 0.407. The maximum Gasteiger partial charge on any atom is 0.167 e. The molecule has 2 aromatic carbocycles. The predicted octanol–water partition coefficient (Wildman–Crippen LogP) is 4.51. The number of aliphatic hydroxyl groups is 1. The Morgan fingerprint density at radius 3 is 2.77 bits per heavy atom. The molecule has 184 valence electrons. The molecule has 0 saturated carbocycles. The lowest BCUT2D eigenvalue weighted by molar-refractivity contribution is 0.0250. The quantitative estimate of drug-likeness (QED) is 0.388. The van der Waals surface area contributed by atoms with Crippen molar-refractivity contribution in [2.75, 3.05) is 32.8 Å². The van der Waals surface area contributed by atoms with Crippen LogP contribution in [0.1, 0.15) is 23.2 Å². The number of benzene rings is 2. The van der Waals surface area contributed by atoms with Gasteiger partial charge < -0.3 is 14.4 Å². The second kappa shape index (κ2) is 10.5. The summed E-state index contributed by atoms with van der Waals surface area (Å²) in [6.07, 6.45) is -0.547. The minimum Gasteiger partial charge on any atom is -0.491 e. The Hall–Kier alpha value is -2.78. The van der Waals surface area contributed by atoms with Crippen LogP contribution in [0.25, 0.3) is 21.5 Å². The molecule has 2 aromatic heterocycles. The number of thiazole rings is 1. The van der Waals surface area contributed by atoms with Crippen molar-refractivity contribution in [1.82, 2.24) is 19.9 Å². The monoisotopic (exact) mass is 492 g/mol. The standard InChI is InChI=1S/C27H32N4O3S/c1-18-4-6-21(7-5-18)26-12-22(29-34-26)15-31-11-10-30(14-19(31)2)16-23(32)17-33-24-8-9-27-25(13-24)28-20(3)35-27/h4-9,12-13,19,23,32H,10-11,14-17H2,1-3H3/t19-,23-/m0/s1. The van der Waals surface area contributed by atoms with E-state index < -0.39 is 6.10 Å². The van der Waals surface area contributed by atoms with Crippen LogP contribution in [0.4, 0.5) is 0 Å². The molecule has 3 heterocycles. The van der Waals surface area contributed by atoms with Crippen molar-refractivity contribution in [1.29, 1.82) is 0 Å². The van der Waals surface area contributed by atoms with E-state index >= 15 is 0 Å². The van der Waals surface area contributed by atoms with E-state index in [0.29, 0.717) is 12.6 Å². The van der Waals surface area contributed by atoms with Crippen molar-refractivity contribution in [3.8, 4) is 17.1 Å². The van der Waals surface area contributed by atoms with Crippen molar-refractivity contribution < 1.29 is 14.4 Å². The molecule has 1 aliphatic heterocycles. The highest BCUT2D eigenvalue weighted by atomic mass is 32.1. The number of β-amino-alcohol motifs (C(OH)–C–C–N with tert-alkyl or cyclic N) is 1. The Kier molecular flexibility index (Phi) is 7.15. The maximum absolute atomic E-state index is 10.6. The Balaban J connectivity index is 1.09. The second-order valence-electron chi connectivity index (χ2n) is 9.45. The third-order valence-corrected chi connectivity index (χ3v) is 7.44. The molecule has 0 bridgehead atoms. The highest BCUT2D eigenvalue weighted by Gasteiger charge is 2.26. The molecular weight excluding hydrogens is 460 g/mol. The smallest absolute Gasteiger partial charge is 0.167 e.